The van der Waals surface area contributed by atoms with Crippen LogP contribution in [0.15, 0.2) is 0 Å². The Morgan fingerprint density at radius 3 is 2.70 bits per heavy atom. The van der Waals surface area contributed by atoms with Gasteiger partial charge in [0, 0.05) is 26.2 Å². The molecule has 2 fully saturated rings. The lowest BCUT2D eigenvalue weighted by molar-refractivity contribution is -0.126. The number of nitrogens with one attached hydrogen (secondary N) is 1. The average Bonchev–Trinajstić information content (AvgIpc) is 3.27. The molecule has 20 heavy (non-hydrogen) atoms. The molecule has 0 bridgehead atoms. The van der Waals surface area contributed by atoms with Crippen molar-refractivity contribution in [2.45, 2.75) is 32.1 Å². The van der Waals surface area contributed by atoms with E-state index in [-0.39, 0.29) is 17.6 Å². The lowest BCUT2D eigenvalue weighted by Gasteiger charge is -2.31. The predicted octanol–water partition coefficient (Wildman–Crippen LogP) is -0.0968. The minimum Gasteiger partial charge on any atom is -0.355 e. The standard InChI is InChI=1S/C13H25N3O3S/c14-6-7-15-13(17)12-2-1-8-16(10-12)20(18,19)9-5-11-3-4-11/h11-12H,1-10,14H2,(H,15,17). The third-order valence-electron chi connectivity index (χ3n) is 4.07. The van der Waals surface area contributed by atoms with E-state index in [0.717, 1.165) is 19.3 Å². The highest BCUT2D eigenvalue weighted by Gasteiger charge is 2.33. The predicted molar refractivity (Wildman–Crippen MR) is 77.5 cm³/mol. The number of nitrogens with two attached hydrogens (primary N) is 1. The Balaban J connectivity index is 1.86. The summed E-state index contributed by atoms with van der Waals surface area (Å²) in [6.07, 6.45) is 4.61. The van der Waals surface area contributed by atoms with E-state index in [1.54, 1.807) is 0 Å². The monoisotopic (exact) mass is 303 g/mol. The largest absolute Gasteiger partial charge is 0.355 e. The van der Waals surface area contributed by atoms with Crippen molar-refractivity contribution in [2.75, 3.05) is 31.9 Å². The molecule has 1 atom stereocenters. The van der Waals surface area contributed by atoms with E-state index in [9.17, 15) is 13.2 Å². The Bertz CT molecular complexity index is 434. The van der Waals surface area contributed by atoms with E-state index < -0.39 is 10.0 Å². The SMILES string of the molecule is NCCNC(=O)C1CCCN(S(=O)(=O)CCC2CC2)C1. The van der Waals surface area contributed by atoms with Gasteiger partial charge in [0.05, 0.1) is 11.7 Å². The maximum atomic E-state index is 12.3. The van der Waals surface area contributed by atoms with Gasteiger partial charge in [0.1, 0.15) is 0 Å². The van der Waals surface area contributed by atoms with Crippen LogP contribution in [-0.2, 0) is 14.8 Å². The van der Waals surface area contributed by atoms with Gasteiger partial charge in [0.15, 0.2) is 0 Å². The van der Waals surface area contributed by atoms with Crippen LogP contribution >= 0.6 is 0 Å². The molecule has 0 aromatic carbocycles. The number of sulfonamides is 1. The number of carbonyl (C=O) groups is 1. The number of amides is 1. The van der Waals surface area contributed by atoms with Crippen molar-refractivity contribution < 1.29 is 13.2 Å². The highest BCUT2D eigenvalue weighted by atomic mass is 32.2. The summed E-state index contributed by atoms with van der Waals surface area (Å²) in [5.74, 6) is 0.538. The van der Waals surface area contributed by atoms with Crippen LogP contribution in [0.4, 0.5) is 0 Å². The Morgan fingerprint density at radius 2 is 2.05 bits per heavy atom. The van der Waals surface area contributed by atoms with Gasteiger partial charge in [-0.3, -0.25) is 4.79 Å². The van der Waals surface area contributed by atoms with Gasteiger partial charge in [-0.05, 0) is 25.2 Å². The number of nitrogens with zero attached hydrogens (tertiary/aromatic N) is 1. The molecular formula is C13H25N3O3S. The first-order chi connectivity index (χ1) is 9.53. The minimum atomic E-state index is -3.20. The summed E-state index contributed by atoms with van der Waals surface area (Å²) in [6, 6.07) is 0. The molecule has 2 aliphatic rings. The summed E-state index contributed by atoms with van der Waals surface area (Å²) in [5.41, 5.74) is 5.36. The first-order valence-electron chi connectivity index (χ1n) is 7.48. The Hall–Kier alpha value is -0.660. The molecule has 1 saturated heterocycles. The maximum absolute atomic E-state index is 12.3. The van der Waals surface area contributed by atoms with Crippen LogP contribution in [0.5, 0.6) is 0 Å². The molecule has 1 aliphatic heterocycles. The molecule has 1 heterocycles. The van der Waals surface area contributed by atoms with E-state index in [1.165, 1.54) is 17.1 Å². The van der Waals surface area contributed by atoms with Gasteiger partial charge in [-0.1, -0.05) is 12.8 Å². The van der Waals surface area contributed by atoms with Crippen molar-refractivity contribution in [1.29, 1.82) is 0 Å². The van der Waals surface area contributed by atoms with E-state index >= 15 is 0 Å². The molecule has 0 aromatic heterocycles. The molecule has 1 aliphatic carbocycles. The third kappa shape index (κ3) is 4.43. The van der Waals surface area contributed by atoms with Gasteiger partial charge < -0.3 is 11.1 Å². The molecule has 6 nitrogen and oxygen atoms in total. The first kappa shape index (κ1) is 15.7. The number of carbonyl (C=O) groups excluding carboxylic acids is 1. The normalized spacial score (nSPS) is 24.6. The van der Waals surface area contributed by atoms with Crippen molar-refractivity contribution in [3.63, 3.8) is 0 Å². The fourth-order valence-electron chi connectivity index (χ4n) is 2.60. The Morgan fingerprint density at radius 1 is 1.30 bits per heavy atom. The number of hydrogen-bond acceptors (Lipinski definition) is 4. The van der Waals surface area contributed by atoms with Gasteiger partial charge in [0.2, 0.25) is 15.9 Å². The molecule has 1 unspecified atom stereocenters. The number of piperidine rings is 1. The molecule has 0 spiro atoms. The molecule has 7 heteroatoms. The number of hydrogen-bond donors (Lipinski definition) is 2. The van der Waals surface area contributed by atoms with Gasteiger partial charge in [-0.15, -0.1) is 0 Å². The molecule has 116 valence electrons. The lowest BCUT2D eigenvalue weighted by Crippen LogP contribution is -2.46. The fourth-order valence-corrected chi connectivity index (χ4v) is 4.30. The van der Waals surface area contributed by atoms with E-state index in [4.69, 9.17) is 5.73 Å². The van der Waals surface area contributed by atoms with Crippen molar-refractivity contribution in [3.8, 4) is 0 Å². The molecule has 0 aromatic rings. The average molecular weight is 303 g/mol. The zero-order valence-electron chi connectivity index (χ0n) is 11.9. The molecule has 3 N–H and O–H groups in total. The maximum Gasteiger partial charge on any atom is 0.224 e. The lowest BCUT2D eigenvalue weighted by atomic mass is 9.99. The summed E-state index contributed by atoms with van der Waals surface area (Å²) < 4.78 is 26.1. The van der Waals surface area contributed by atoms with Crippen LogP contribution < -0.4 is 11.1 Å². The first-order valence-corrected chi connectivity index (χ1v) is 9.09. The summed E-state index contributed by atoms with van der Waals surface area (Å²) in [7, 11) is -3.20. The summed E-state index contributed by atoms with van der Waals surface area (Å²) >= 11 is 0. The van der Waals surface area contributed by atoms with Gasteiger partial charge in [-0.25, -0.2) is 12.7 Å². The molecule has 1 saturated carbocycles. The van der Waals surface area contributed by atoms with E-state index in [2.05, 4.69) is 5.32 Å². The second-order valence-electron chi connectivity index (χ2n) is 5.82. The van der Waals surface area contributed by atoms with Gasteiger partial charge in [-0.2, -0.15) is 0 Å². The zero-order valence-corrected chi connectivity index (χ0v) is 12.7. The topological polar surface area (TPSA) is 92.5 Å². The van der Waals surface area contributed by atoms with E-state index in [0.29, 0.717) is 32.1 Å². The van der Waals surface area contributed by atoms with Crippen molar-refractivity contribution in [1.82, 2.24) is 9.62 Å². The smallest absolute Gasteiger partial charge is 0.224 e. The second-order valence-corrected chi connectivity index (χ2v) is 7.91. The fraction of sp³-hybridized carbons (Fsp3) is 0.923. The van der Waals surface area contributed by atoms with Crippen molar-refractivity contribution >= 4 is 15.9 Å². The van der Waals surface area contributed by atoms with Gasteiger partial charge >= 0.3 is 0 Å². The van der Waals surface area contributed by atoms with Crippen molar-refractivity contribution in [3.05, 3.63) is 0 Å². The van der Waals surface area contributed by atoms with E-state index in [1.807, 2.05) is 0 Å². The summed E-state index contributed by atoms with van der Waals surface area (Å²) in [4.78, 5) is 11.9. The molecule has 0 radical (unpaired) electrons. The minimum absolute atomic E-state index is 0.0717. The summed E-state index contributed by atoms with van der Waals surface area (Å²) in [5, 5.41) is 2.75. The highest BCUT2D eigenvalue weighted by Crippen LogP contribution is 2.33. The van der Waals surface area contributed by atoms with Crippen LogP contribution in [0.2, 0.25) is 0 Å². The Labute approximate surface area is 121 Å². The molecule has 1 amide bonds. The van der Waals surface area contributed by atoms with Crippen LogP contribution in [0.25, 0.3) is 0 Å². The van der Waals surface area contributed by atoms with Crippen LogP contribution in [0.1, 0.15) is 32.1 Å². The summed E-state index contributed by atoms with van der Waals surface area (Å²) in [6.45, 7) is 1.72. The molecule has 2 rings (SSSR count). The molecular weight excluding hydrogens is 278 g/mol. The van der Waals surface area contributed by atoms with Crippen LogP contribution in [0.3, 0.4) is 0 Å². The zero-order chi connectivity index (χ0) is 14.6. The van der Waals surface area contributed by atoms with Crippen molar-refractivity contribution in [2.24, 2.45) is 17.6 Å². The van der Waals surface area contributed by atoms with Gasteiger partial charge in [0.25, 0.3) is 0 Å². The second kappa shape index (κ2) is 6.87. The van der Waals surface area contributed by atoms with Crippen LogP contribution in [0, 0.1) is 11.8 Å². The van der Waals surface area contributed by atoms with Crippen LogP contribution in [-0.4, -0.2) is 50.6 Å². The number of rotatable bonds is 7. The quantitative estimate of drug-likeness (QED) is 0.687. The highest BCUT2D eigenvalue weighted by molar-refractivity contribution is 7.89. The Kier molecular flexibility index (Phi) is 5.40. The third-order valence-corrected chi connectivity index (χ3v) is 5.94.